The molecule has 2 heterocycles. The first-order valence-corrected chi connectivity index (χ1v) is 9.37. The Morgan fingerprint density at radius 2 is 1.43 bits per heavy atom. The van der Waals surface area contributed by atoms with Crippen LogP contribution in [0.15, 0.2) is 57.7 Å². The predicted octanol–water partition coefficient (Wildman–Crippen LogP) is 3.63. The quantitative estimate of drug-likeness (QED) is 0.639. The van der Waals surface area contributed by atoms with Crippen molar-refractivity contribution in [1.29, 1.82) is 0 Å². The Hall–Kier alpha value is -3.68. The van der Waals surface area contributed by atoms with Crippen molar-refractivity contribution in [3.63, 3.8) is 0 Å². The summed E-state index contributed by atoms with van der Waals surface area (Å²) in [5, 5.41) is 0. The van der Waals surface area contributed by atoms with E-state index in [-0.39, 0.29) is 6.61 Å². The number of nitrogens with zero attached hydrogens (tertiary/aromatic N) is 2. The fourth-order valence-corrected chi connectivity index (χ4v) is 3.80. The van der Waals surface area contributed by atoms with E-state index in [1.165, 1.54) is 9.47 Å². The number of aromatic nitrogens is 1. The van der Waals surface area contributed by atoms with E-state index >= 15 is 0 Å². The number of methoxy groups -OCH3 is 2. The smallest absolute Gasteiger partial charge is 0.424 e. The number of carbonyl (C=O) groups is 1. The number of carbonyl (C=O) groups excluding carboxylic acids is 1. The van der Waals surface area contributed by atoms with Gasteiger partial charge in [0.2, 0.25) is 0 Å². The highest BCUT2D eigenvalue weighted by atomic mass is 16.6. The van der Waals surface area contributed by atoms with Crippen molar-refractivity contribution in [2.75, 3.05) is 25.7 Å². The normalized spacial score (nSPS) is 18.4. The van der Waals surface area contributed by atoms with Gasteiger partial charge < -0.3 is 18.6 Å². The molecule has 8 heteroatoms. The zero-order valence-electron chi connectivity index (χ0n) is 17.2. The lowest BCUT2D eigenvalue weighted by Gasteiger charge is -2.30. The predicted molar refractivity (Wildman–Crippen MR) is 110 cm³/mol. The van der Waals surface area contributed by atoms with Gasteiger partial charge in [0.15, 0.2) is 5.76 Å². The van der Waals surface area contributed by atoms with Crippen LogP contribution in [0.4, 0.5) is 10.5 Å². The van der Waals surface area contributed by atoms with E-state index in [1.807, 2.05) is 6.92 Å². The third-order valence-corrected chi connectivity index (χ3v) is 5.34. The standard InChI is InChI=1S/C22H22N2O6/c1-14-19(30-20(25)23(14)15-5-9-17(27-3)10-6-15)22(2)13-29-21(26)24(22)16-7-11-18(28-4)12-8-16/h5-12H,13H2,1-4H3. The molecule has 8 nitrogen and oxygen atoms in total. The van der Waals surface area contributed by atoms with Crippen molar-refractivity contribution in [2.24, 2.45) is 0 Å². The van der Waals surface area contributed by atoms with Crippen molar-refractivity contribution >= 4 is 11.8 Å². The van der Waals surface area contributed by atoms with Crippen LogP contribution >= 0.6 is 0 Å². The highest BCUT2D eigenvalue weighted by Crippen LogP contribution is 2.40. The van der Waals surface area contributed by atoms with Gasteiger partial charge in [-0.1, -0.05) is 0 Å². The lowest BCUT2D eigenvalue weighted by atomic mass is 9.96. The summed E-state index contributed by atoms with van der Waals surface area (Å²) in [5.41, 5.74) is 0.842. The van der Waals surface area contributed by atoms with E-state index in [2.05, 4.69) is 0 Å². The zero-order valence-corrected chi connectivity index (χ0v) is 17.2. The van der Waals surface area contributed by atoms with Gasteiger partial charge >= 0.3 is 11.8 Å². The van der Waals surface area contributed by atoms with Crippen LogP contribution in [0.5, 0.6) is 11.5 Å². The van der Waals surface area contributed by atoms with Gasteiger partial charge in [-0.15, -0.1) is 0 Å². The van der Waals surface area contributed by atoms with Crippen molar-refractivity contribution in [3.05, 3.63) is 70.5 Å². The van der Waals surface area contributed by atoms with Gasteiger partial charge in [0.05, 0.1) is 25.6 Å². The SMILES string of the molecule is COc1ccc(N2C(=O)OCC2(C)c2oc(=O)n(-c3ccc(OC)cc3)c2C)cc1. The fraction of sp³-hybridized carbons (Fsp3) is 0.273. The molecule has 1 saturated heterocycles. The van der Waals surface area contributed by atoms with Crippen LogP contribution in [0.2, 0.25) is 0 Å². The molecule has 0 radical (unpaired) electrons. The van der Waals surface area contributed by atoms with Crippen LogP contribution in [0, 0.1) is 6.92 Å². The molecule has 0 spiro atoms. The van der Waals surface area contributed by atoms with Gasteiger partial charge in [0.1, 0.15) is 23.6 Å². The van der Waals surface area contributed by atoms with Crippen LogP contribution in [-0.2, 0) is 10.3 Å². The highest BCUT2D eigenvalue weighted by molar-refractivity contribution is 5.91. The molecule has 2 aromatic carbocycles. The molecule has 156 valence electrons. The first-order valence-electron chi connectivity index (χ1n) is 9.37. The summed E-state index contributed by atoms with van der Waals surface area (Å²) in [5.74, 6) is 1.18. The van der Waals surface area contributed by atoms with E-state index < -0.39 is 17.4 Å². The molecule has 0 saturated carbocycles. The van der Waals surface area contributed by atoms with Crippen LogP contribution in [-0.4, -0.2) is 31.5 Å². The second-order valence-corrected chi connectivity index (χ2v) is 7.18. The molecule has 1 amide bonds. The van der Waals surface area contributed by atoms with Crippen LogP contribution in [0.3, 0.4) is 0 Å². The Labute approximate surface area is 173 Å². The maximum Gasteiger partial charge on any atom is 0.424 e. The maximum absolute atomic E-state index is 12.7. The average molecular weight is 410 g/mol. The first kappa shape index (κ1) is 19.6. The minimum Gasteiger partial charge on any atom is -0.497 e. The second-order valence-electron chi connectivity index (χ2n) is 7.18. The van der Waals surface area contributed by atoms with Gasteiger partial charge in [-0.05, 0) is 62.4 Å². The van der Waals surface area contributed by atoms with E-state index in [0.717, 1.165) is 0 Å². The van der Waals surface area contributed by atoms with Crippen molar-refractivity contribution in [1.82, 2.24) is 4.57 Å². The molecule has 1 aliphatic heterocycles. The van der Waals surface area contributed by atoms with Crippen molar-refractivity contribution in [2.45, 2.75) is 19.4 Å². The van der Waals surface area contributed by atoms with E-state index in [9.17, 15) is 9.59 Å². The molecule has 1 atom stereocenters. The molecule has 1 unspecified atom stereocenters. The second kappa shape index (κ2) is 7.29. The van der Waals surface area contributed by atoms with Crippen molar-refractivity contribution < 1.29 is 23.4 Å². The summed E-state index contributed by atoms with van der Waals surface area (Å²) in [6, 6.07) is 14.1. The molecular formula is C22H22N2O6. The molecular weight excluding hydrogens is 388 g/mol. The largest absolute Gasteiger partial charge is 0.497 e. The fourth-order valence-electron chi connectivity index (χ4n) is 3.80. The number of hydrogen-bond donors (Lipinski definition) is 0. The zero-order chi connectivity index (χ0) is 21.5. The third-order valence-electron chi connectivity index (χ3n) is 5.34. The van der Waals surface area contributed by atoms with Crippen molar-refractivity contribution in [3.8, 4) is 17.2 Å². The Bertz CT molecular complexity index is 1130. The van der Waals surface area contributed by atoms with Crippen LogP contribution in [0.25, 0.3) is 5.69 Å². The topological polar surface area (TPSA) is 83.1 Å². The van der Waals surface area contributed by atoms with Gasteiger partial charge in [0.25, 0.3) is 0 Å². The number of benzene rings is 2. The summed E-state index contributed by atoms with van der Waals surface area (Å²) in [4.78, 5) is 26.8. The number of amides is 1. The average Bonchev–Trinajstić information content (AvgIpc) is 3.24. The third kappa shape index (κ3) is 3.01. The van der Waals surface area contributed by atoms with Crippen LogP contribution < -0.4 is 20.1 Å². The molecule has 30 heavy (non-hydrogen) atoms. The summed E-state index contributed by atoms with van der Waals surface area (Å²) < 4.78 is 22.9. The number of ether oxygens (including phenoxy) is 3. The molecule has 0 bridgehead atoms. The first-order chi connectivity index (χ1) is 14.4. The number of oxazole rings is 1. The van der Waals surface area contributed by atoms with E-state index in [4.69, 9.17) is 18.6 Å². The summed E-state index contributed by atoms with van der Waals surface area (Å²) >= 11 is 0. The van der Waals surface area contributed by atoms with E-state index in [1.54, 1.807) is 69.7 Å². The summed E-state index contributed by atoms with van der Waals surface area (Å²) in [7, 11) is 3.15. The number of hydrogen-bond acceptors (Lipinski definition) is 6. The lowest BCUT2D eigenvalue weighted by Crippen LogP contribution is -2.42. The summed E-state index contributed by atoms with van der Waals surface area (Å²) in [6.45, 7) is 3.64. The molecule has 4 rings (SSSR count). The lowest BCUT2D eigenvalue weighted by molar-refractivity contribution is 0.171. The molecule has 0 N–H and O–H groups in total. The van der Waals surface area contributed by atoms with Crippen LogP contribution in [0.1, 0.15) is 18.4 Å². The van der Waals surface area contributed by atoms with Gasteiger partial charge in [-0.3, -0.25) is 4.90 Å². The van der Waals surface area contributed by atoms with Gasteiger partial charge in [-0.25, -0.2) is 14.2 Å². The Balaban J connectivity index is 1.79. The monoisotopic (exact) mass is 410 g/mol. The van der Waals surface area contributed by atoms with E-state index in [0.29, 0.717) is 34.3 Å². The molecule has 3 aromatic rings. The van der Waals surface area contributed by atoms with Gasteiger partial charge in [-0.2, -0.15) is 0 Å². The minimum atomic E-state index is -0.993. The Morgan fingerprint density at radius 3 is 1.97 bits per heavy atom. The summed E-state index contributed by atoms with van der Waals surface area (Å²) in [6.07, 6.45) is -0.512. The number of cyclic esters (lactones) is 1. The highest BCUT2D eigenvalue weighted by Gasteiger charge is 2.50. The minimum absolute atomic E-state index is 0.0499. The molecule has 1 aliphatic rings. The molecule has 1 fully saturated rings. The molecule has 1 aromatic heterocycles. The number of anilines is 1. The Kier molecular flexibility index (Phi) is 4.77. The Morgan fingerprint density at radius 1 is 0.900 bits per heavy atom. The molecule has 0 aliphatic carbocycles. The van der Waals surface area contributed by atoms with Gasteiger partial charge in [0, 0.05) is 5.69 Å². The number of rotatable bonds is 5. The maximum atomic E-state index is 12.7.